The molecule has 1 fully saturated rings. The van der Waals surface area contributed by atoms with Crippen LogP contribution in [0.4, 0.5) is 5.69 Å². The van der Waals surface area contributed by atoms with Gasteiger partial charge in [-0.1, -0.05) is 6.07 Å². The molecule has 202 valence electrons. The fraction of sp³-hybridized carbons (Fsp3) is 0.226. The maximum Gasteiger partial charge on any atom is 0.253 e. The summed E-state index contributed by atoms with van der Waals surface area (Å²) in [6.07, 6.45) is 4.39. The zero-order chi connectivity index (χ0) is 27.6. The lowest BCUT2D eigenvalue weighted by atomic mass is 10.0. The van der Waals surface area contributed by atoms with Crippen LogP contribution in [0.15, 0.2) is 73.1 Å². The highest BCUT2D eigenvalue weighted by atomic mass is 16.5. The number of anilines is 1. The number of rotatable bonds is 5. The first-order valence-corrected chi connectivity index (χ1v) is 13.3. The number of nitrogens with one attached hydrogen (secondary N) is 1. The average Bonchev–Trinajstić information content (AvgIpc) is 3.24. The second-order valence-electron chi connectivity index (χ2n) is 9.90. The van der Waals surface area contributed by atoms with E-state index in [1.54, 1.807) is 19.4 Å². The van der Waals surface area contributed by atoms with Crippen molar-refractivity contribution in [1.82, 2.24) is 24.8 Å². The van der Waals surface area contributed by atoms with Crippen LogP contribution >= 0.6 is 0 Å². The Morgan fingerprint density at radius 1 is 0.950 bits per heavy atom. The number of pyridine rings is 2. The molecular weight excluding hydrogens is 504 g/mol. The van der Waals surface area contributed by atoms with Gasteiger partial charge >= 0.3 is 0 Å². The van der Waals surface area contributed by atoms with E-state index in [1.807, 2.05) is 66.6 Å². The van der Waals surface area contributed by atoms with E-state index < -0.39 is 0 Å². The summed E-state index contributed by atoms with van der Waals surface area (Å²) in [5.41, 5.74) is 6.36. The first-order chi connectivity index (χ1) is 19.5. The lowest BCUT2D eigenvalue weighted by Crippen LogP contribution is -2.35. The maximum atomic E-state index is 13.5. The number of benzene rings is 2. The molecule has 0 bridgehead atoms. The number of phenolic OH excluding ortho intramolecular Hbond substituents is 1. The van der Waals surface area contributed by atoms with E-state index in [2.05, 4.69) is 25.9 Å². The predicted octanol–water partition coefficient (Wildman–Crippen LogP) is 5.06. The Balaban J connectivity index is 1.24. The molecule has 0 aliphatic carbocycles. The molecule has 5 aromatic rings. The Morgan fingerprint density at radius 2 is 1.85 bits per heavy atom. The van der Waals surface area contributed by atoms with Crippen LogP contribution in [0.3, 0.4) is 0 Å². The van der Waals surface area contributed by atoms with Crippen molar-refractivity contribution in [3.05, 3.63) is 84.3 Å². The smallest absolute Gasteiger partial charge is 0.253 e. The number of hydrogen-bond acceptors (Lipinski definition) is 7. The number of imidazole rings is 1. The summed E-state index contributed by atoms with van der Waals surface area (Å²) in [6.45, 7) is 4.98. The first-order valence-electron chi connectivity index (χ1n) is 13.3. The van der Waals surface area contributed by atoms with Gasteiger partial charge in [0.2, 0.25) is 5.88 Å². The third kappa shape index (κ3) is 4.93. The molecule has 40 heavy (non-hydrogen) atoms. The minimum Gasteiger partial charge on any atom is -0.507 e. The monoisotopic (exact) mass is 534 g/mol. The van der Waals surface area contributed by atoms with Gasteiger partial charge in [0.15, 0.2) is 0 Å². The van der Waals surface area contributed by atoms with E-state index in [4.69, 9.17) is 9.72 Å². The van der Waals surface area contributed by atoms with Crippen LogP contribution in [0, 0.1) is 6.92 Å². The minimum absolute atomic E-state index is 0.00674. The molecule has 1 aliphatic rings. The summed E-state index contributed by atoms with van der Waals surface area (Å²) in [6, 6.07) is 18.7. The van der Waals surface area contributed by atoms with Gasteiger partial charge in [-0.3, -0.25) is 9.78 Å². The van der Waals surface area contributed by atoms with E-state index in [1.165, 1.54) is 0 Å². The average molecular weight is 535 g/mol. The molecule has 3 aromatic heterocycles. The number of methoxy groups -OCH3 is 1. The van der Waals surface area contributed by atoms with Crippen molar-refractivity contribution >= 4 is 22.6 Å². The molecule has 0 spiro atoms. The Hall–Kier alpha value is -4.92. The first kappa shape index (κ1) is 25.4. The third-order valence-electron chi connectivity index (χ3n) is 7.29. The van der Waals surface area contributed by atoms with Crippen molar-refractivity contribution in [1.29, 1.82) is 0 Å². The number of fused-ring (bicyclic) bond motifs is 1. The number of aromatic hydroxyl groups is 1. The lowest BCUT2D eigenvalue weighted by Gasteiger charge is -2.24. The predicted molar refractivity (Wildman–Crippen MR) is 155 cm³/mol. The molecular formula is C31H30N6O3. The molecule has 9 heteroatoms. The van der Waals surface area contributed by atoms with E-state index in [0.717, 1.165) is 47.5 Å². The van der Waals surface area contributed by atoms with Gasteiger partial charge in [0, 0.05) is 61.1 Å². The molecule has 0 unspecified atom stereocenters. The SMILES string of the molecule is COc1ncccc1-c1ccc(O)c(-c2nc3cc(C(=O)N4CCCN(c5ccnc(C)c5)CC4)ccc3[nH]2)c1. The number of aromatic nitrogens is 4. The number of H-pyrrole nitrogens is 1. The third-order valence-corrected chi connectivity index (χ3v) is 7.29. The van der Waals surface area contributed by atoms with E-state index in [0.29, 0.717) is 41.4 Å². The van der Waals surface area contributed by atoms with Gasteiger partial charge in [0.1, 0.15) is 11.6 Å². The van der Waals surface area contributed by atoms with E-state index in [9.17, 15) is 9.90 Å². The van der Waals surface area contributed by atoms with Crippen LogP contribution < -0.4 is 9.64 Å². The van der Waals surface area contributed by atoms with Crippen LogP contribution in [0.1, 0.15) is 22.5 Å². The molecule has 4 heterocycles. The normalized spacial score (nSPS) is 13.8. The van der Waals surface area contributed by atoms with Crippen molar-refractivity contribution in [2.45, 2.75) is 13.3 Å². The number of nitrogens with zero attached hydrogens (tertiary/aromatic N) is 5. The van der Waals surface area contributed by atoms with Crippen LogP contribution in [0.5, 0.6) is 11.6 Å². The molecule has 0 saturated carbocycles. The molecule has 0 radical (unpaired) electrons. The highest BCUT2D eigenvalue weighted by molar-refractivity contribution is 5.98. The largest absolute Gasteiger partial charge is 0.507 e. The molecule has 6 rings (SSSR count). The van der Waals surface area contributed by atoms with Crippen LogP contribution in [0.2, 0.25) is 0 Å². The molecule has 2 N–H and O–H groups in total. The maximum absolute atomic E-state index is 13.5. The summed E-state index contributed by atoms with van der Waals surface area (Å²) in [4.78, 5) is 34.3. The number of carbonyl (C=O) groups excluding carboxylic acids is 1. The zero-order valence-corrected chi connectivity index (χ0v) is 22.5. The summed E-state index contributed by atoms with van der Waals surface area (Å²) in [5, 5.41) is 10.7. The van der Waals surface area contributed by atoms with Crippen molar-refractivity contribution in [3.8, 4) is 34.1 Å². The van der Waals surface area contributed by atoms with Gasteiger partial charge in [-0.2, -0.15) is 0 Å². The van der Waals surface area contributed by atoms with Crippen LogP contribution in [-0.4, -0.2) is 69.1 Å². The quantitative estimate of drug-likeness (QED) is 0.324. The Kier molecular flexibility index (Phi) is 6.77. The Bertz CT molecular complexity index is 1700. The van der Waals surface area contributed by atoms with Crippen molar-refractivity contribution < 1.29 is 14.6 Å². The van der Waals surface area contributed by atoms with Gasteiger partial charge < -0.3 is 24.6 Å². The molecule has 1 amide bonds. The number of carbonyl (C=O) groups is 1. The minimum atomic E-state index is -0.00674. The number of aryl methyl sites for hydroxylation is 1. The van der Waals surface area contributed by atoms with Gasteiger partial charge in [-0.25, -0.2) is 9.97 Å². The highest BCUT2D eigenvalue weighted by Crippen LogP contribution is 2.35. The number of hydrogen-bond donors (Lipinski definition) is 2. The Labute approximate surface area is 232 Å². The fourth-order valence-electron chi connectivity index (χ4n) is 5.22. The molecule has 9 nitrogen and oxygen atoms in total. The standard InChI is InChI=1S/C31H30N6O3/c1-20-17-23(10-12-32-20)36-13-4-14-37(16-15-36)31(39)22-6-8-26-27(19-22)35-29(34-26)25-18-21(7-9-28(25)38)24-5-3-11-33-30(24)40-2/h3,5-12,17-19,38H,4,13-16H2,1-2H3,(H,34,35). The van der Waals surface area contributed by atoms with E-state index >= 15 is 0 Å². The number of ether oxygens (including phenoxy) is 1. The molecule has 1 saturated heterocycles. The molecule has 0 atom stereocenters. The highest BCUT2D eigenvalue weighted by Gasteiger charge is 2.22. The second-order valence-corrected chi connectivity index (χ2v) is 9.90. The van der Waals surface area contributed by atoms with Gasteiger partial charge in [0.05, 0.1) is 23.7 Å². The number of aromatic amines is 1. The van der Waals surface area contributed by atoms with Crippen molar-refractivity contribution in [3.63, 3.8) is 0 Å². The van der Waals surface area contributed by atoms with Crippen molar-refractivity contribution in [2.24, 2.45) is 0 Å². The van der Waals surface area contributed by atoms with Crippen molar-refractivity contribution in [2.75, 3.05) is 38.2 Å². The van der Waals surface area contributed by atoms with Gasteiger partial charge in [-0.05, 0) is 73.5 Å². The van der Waals surface area contributed by atoms with Crippen LogP contribution in [-0.2, 0) is 0 Å². The number of phenols is 1. The molecule has 1 aliphatic heterocycles. The lowest BCUT2D eigenvalue weighted by molar-refractivity contribution is 0.0767. The molecule has 2 aromatic carbocycles. The Morgan fingerprint density at radius 3 is 2.70 bits per heavy atom. The van der Waals surface area contributed by atoms with Gasteiger partial charge in [-0.15, -0.1) is 0 Å². The summed E-state index contributed by atoms with van der Waals surface area (Å²) in [5.74, 6) is 1.10. The number of amides is 1. The van der Waals surface area contributed by atoms with Crippen LogP contribution in [0.25, 0.3) is 33.5 Å². The van der Waals surface area contributed by atoms with E-state index in [-0.39, 0.29) is 11.7 Å². The summed E-state index contributed by atoms with van der Waals surface area (Å²) in [7, 11) is 1.58. The topological polar surface area (TPSA) is 107 Å². The van der Waals surface area contributed by atoms with Gasteiger partial charge in [0.25, 0.3) is 5.91 Å². The second kappa shape index (κ2) is 10.7. The zero-order valence-electron chi connectivity index (χ0n) is 22.5. The summed E-state index contributed by atoms with van der Waals surface area (Å²) < 4.78 is 5.41. The summed E-state index contributed by atoms with van der Waals surface area (Å²) >= 11 is 0. The fourth-order valence-corrected chi connectivity index (χ4v) is 5.22.